The number of nitrogens with one attached hydrogen (secondary N) is 1. The molecule has 16 heavy (non-hydrogen) atoms. The molecule has 0 aliphatic heterocycles. The van der Waals surface area contributed by atoms with Gasteiger partial charge < -0.3 is 5.32 Å². The van der Waals surface area contributed by atoms with Gasteiger partial charge in [-0.15, -0.1) is 0 Å². The minimum atomic E-state index is -0.146. The maximum absolute atomic E-state index is 13.7. The quantitative estimate of drug-likeness (QED) is 0.883. The van der Waals surface area contributed by atoms with Gasteiger partial charge in [0.2, 0.25) is 0 Å². The molecule has 1 nitrogen and oxygen atoms in total. The highest BCUT2D eigenvalue weighted by molar-refractivity contribution is 9.10. The van der Waals surface area contributed by atoms with Crippen LogP contribution in [-0.4, -0.2) is 18.1 Å². The molecule has 1 N–H and O–H groups in total. The van der Waals surface area contributed by atoms with Crippen LogP contribution >= 0.6 is 27.7 Å². The van der Waals surface area contributed by atoms with Crippen LogP contribution in [0, 0.1) is 5.82 Å². The van der Waals surface area contributed by atoms with Gasteiger partial charge in [0.1, 0.15) is 5.82 Å². The van der Waals surface area contributed by atoms with Crippen molar-refractivity contribution >= 4 is 27.7 Å². The normalized spacial score (nSPS) is 13.1. The minimum absolute atomic E-state index is 0.0601. The van der Waals surface area contributed by atoms with E-state index in [1.165, 1.54) is 6.07 Å². The summed E-state index contributed by atoms with van der Waals surface area (Å²) in [6.45, 7) is 4.29. The first-order valence-electron chi connectivity index (χ1n) is 5.28. The molecule has 0 bridgehead atoms. The fourth-order valence-electron chi connectivity index (χ4n) is 1.40. The smallest absolute Gasteiger partial charge is 0.128 e. The van der Waals surface area contributed by atoms with Gasteiger partial charge in [0.15, 0.2) is 0 Å². The average Bonchev–Trinajstić information content (AvgIpc) is 2.23. The van der Waals surface area contributed by atoms with Gasteiger partial charge in [-0.05, 0) is 30.5 Å². The van der Waals surface area contributed by atoms with Crippen molar-refractivity contribution in [2.45, 2.75) is 25.1 Å². The molecule has 1 aromatic carbocycles. The van der Waals surface area contributed by atoms with E-state index >= 15 is 0 Å². The molecule has 0 aliphatic rings. The summed E-state index contributed by atoms with van der Waals surface area (Å²) in [6, 6.07) is 5.13. The van der Waals surface area contributed by atoms with Gasteiger partial charge in [0.05, 0.1) is 0 Å². The fourth-order valence-corrected chi connectivity index (χ4v) is 2.70. The largest absolute Gasteiger partial charge is 0.312 e. The molecule has 0 fully saturated rings. The summed E-state index contributed by atoms with van der Waals surface area (Å²) in [7, 11) is 1.87. The van der Waals surface area contributed by atoms with Gasteiger partial charge in [-0.3, -0.25) is 0 Å². The monoisotopic (exact) mass is 305 g/mol. The molecular formula is C12H17BrFNS. The number of halogens is 2. The lowest BCUT2D eigenvalue weighted by atomic mass is 10.1. The Balaban J connectivity index is 2.81. The van der Waals surface area contributed by atoms with E-state index in [0.29, 0.717) is 5.25 Å². The first-order chi connectivity index (χ1) is 7.54. The molecule has 0 aromatic heterocycles. The Labute approximate surface area is 109 Å². The van der Waals surface area contributed by atoms with Gasteiger partial charge in [-0.1, -0.05) is 29.8 Å². The molecule has 0 saturated carbocycles. The molecule has 1 unspecified atom stereocenters. The van der Waals surface area contributed by atoms with Gasteiger partial charge in [0.25, 0.3) is 0 Å². The van der Waals surface area contributed by atoms with Crippen molar-refractivity contribution in [2.75, 3.05) is 12.8 Å². The van der Waals surface area contributed by atoms with E-state index < -0.39 is 0 Å². The lowest BCUT2D eigenvalue weighted by Gasteiger charge is -2.18. The van der Waals surface area contributed by atoms with Gasteiger partial charge in [-0.25, -0.2) is 4.39 Å². The average molecular weight is 306 g/mol. The molecule has 1 atom stereocenters. The molecule has 0 amide bonds. The Morgan fingerprint density at radius 1 is 1.44 bits per heavy atom. The first kappa shape index (κ1) is 14.0. The van der Waals surface area contributed by atoms with Crippen molar-refractivity contribution < 1.29 is 4.39 Å². The summed E-state index contributed by atoms with van der Waals surface area (Å²) >= 11 is 5.20. The van der Waals surface area contributed by atoms with Crippen molar-refractivity contribution in [2.24, 2.45) is 0 Å². The van der Waals surface area contributed by atoms with E-state index in [2.05, 4.69) is 35.1 Å². The third-order valence-corrected chi connectivity index (χ3v) is 3.96. The Kier molecular flexibility index (Phi) is 5.79. The highest BCUT2D eigenvalue weighted by atomic mass is 79.9. The molecular weight excluding hydrogens is 289 g/mol. The fraction of sp³-hybridized carbons (Fsp3) is 0.500. The Bertz CT molecular complexity index is 344. The van der Waals surface area contributed by atoms with E-state index in [4.69, 9.17) is 0 Å². The number of benzene rings is 1. The molecule has 0 radical (unpaired) electrons. The van der Waals surface area contributed by atoms with Crippen molar-refractivity contribution in [3.05, 3.63) is 34.1 Å². The highest BCUT2D eigenvalue weighted by Crippen LogP contribution is 2.25. The van der Waals surface area contributed by atoms with Crippen LogP contribution in [0.3, 0.4) is 0 Å². The topological polar surface area (TPSA) is 12.0 Å². The number of rotatable bonds is 5. The molecule has 1 aromatic rings. The van der Waals surface area contributed by atoms with Crippen molar-refractivity contribution in [3.8, 4) is 0 Å². The molecule has 0 spiro atoms. The van der Waals surface area contributed by atoms with Crippen molar-refractivity contribution in [1.29, 1.82) is 0 Å². The number of hydrogen-bond donors (Lipinski definition) is 1. The van der Waals surface area contributed by atoms with E-state index in [9.17, 15) is 4.39 Å². The summed E-state index contributed by atoms with van der Waals surface area (Å²) in [5.41, 5.74) is 0.727. The third kappa shape index (κ3) is 4.07. The molecule has 0 saturated heterocycles. The minimum Gasteiger partial charge on any atom is -0.312 e. The summed E-state index contributed by atoms with van der Waals surface area (Å²) < 4.78 is 14.6. The van der Waals surface area contributed by atoms with E-state index in [1.807, 2.05) is 24.9 Å². The predicted molar refractivity (Wildman–Crippen MR) is 73.5 cm³/mol. The first-order valence-corrected chi connectivity index (χ1v) is 7.12. The third-order valence-electron chi connectivity index (χ3n) is 2.28. The van der Waals surface area contributed by atoms with E-state index in [-0.39, 0.29) is 11.9 Å². The van der Waals surface area contributed by atoms with Crippen molar-refractivity contribution in [1.82, 2.24) is 5.32 Å². The zero-order chi connectivity index (χ0) is 12.1. The van der Waals surface area contributed by atoms with Crippen LogP contribution in [0.25, 0.3) is 0 Å². The Morgan fingerprint density at radius 3 is 2.69 bits per heavy atom. The second-order valence-electron chi connectivity index (χ2n) is 3.89. The maximum atomic E-state index is 13.7. The van der Waals surface area contributed by atoms with Gasteiger partial charge in [-0.2, -0.15) is 11.8 Å². The Morgan fingerprint density at radius 2 is 2.12 bits per heavy atom. The highest BCUT2D eigenvalue weighted by Gasteiger charge is 2.14. The zero-order valence-electron chi connectivity index (χ0n) is 9.76. The van der Waals surface area contributed by atoms with E-state index in [1.54, 1.807) is 6.07 Å². The summed E-state index contributed by atoms with van der Waals surface area (Å²) in [5, 5.41) is 3.72. The van der Waals surface area contributed by atoms with Crippen LogP contribution in [0.4, 0.5) is 4.39 Å². The van der Waals surface area contributed by atoms with Gasteiger partial charge >= 0.3 is 0 Å². The molecule has 1 rings (SSSR count). The molecule has 0 aliphatic carbocycles. The Hall–Kier alpha value is -0.0600. The SMILES string of the molecule is CNC(CSC(C)C)c1cc(Br)ccc1F. The standard InChI is InChI=1S/C12H17BrFNS/c1-8(2)16-7-12(15-3)10-6-9(13)4-5-11(10)14/h4-6,8,12,15H,7H2,1-3H3. The van der Waals surface area contributed by atoms with Crippen LogP contribution < -0.4 is 5.32 Å². The van der Waals surface area contributed by atoms with Gasteiger partial charge in [0, 0.05) is 21.8 Å². The maximum Gasteiger partial charge on any atom is 0.128 e. The lowest BCUT2D eigenvalue weighted by molar-refractivity contribution is 0.565. The summed E-state index contributed by atoms with van der Waals surface area (Å²) in [5.74, 6) is 0.730. The molecule has 4 heteroatoms. The van der Waals surface area contributed by atoms with Crippen LogP contribution in [0.2, 0.25) is 0 Å². The van der Waals surface area contributed by atoms with Crippen LogP contribution in [0.1, 0.15) is 25.5 Å². The molecule has 90 valence electrons. The number of thioether (sulfide) groups is 1. The second kappa shape index (κ2) is 6.62. The summed E-state index contributed by atoms with van der Waals surface area (Å²) in [4.78, 5) is 0. The predicted octanol–water partition coefficient (Wildman–Crippen LogP) is 3.99. The summed E-state index contributed by atoms with van der Waals surface area (Å²) in [6.07, 6.45) is 0. The molecule has 0 heterocycles. The lowest BCUT2D eigenvalue weighted by Crippen LogP contribution is -2.20. The van der Waals surface area contributed by atoms with Crippen LogP contribution in [-0.2, 0) is 0 Å². The number of hydrogen-bond acceptors (Lipinski definition) is 2. The van der Waals surface area contributed by atoms with Crippen molar-refractivity contribution in [3.63, 3.8) is 0 Å². The van der Waals surface area contributed by atoms with E-state index in [0.717, 1.165) is 15.8 Å². The van der Waals surface area contributed by atoms with Crippen LogP contribution in [0.15, 0.2) is 22.7 Å². The zero-order valence-corrected chi connectivity index (χ0v) is 12.2. The second-order valence-corrected chi connectivity index (χ2v) is 6.41. The van der Waals surface area contributed by atoms with Crippen LogP contribution in [0.5, 0.6) is 0 Å².